The first kappa shape index (κ1) is 13.9. The number of nitro groups is 1. The molecule has 0 radical (unpaired) electrons. The molecule has 0 bridgehead atoms. The SMILES string of the molecule is N[C@H]1CCC[C@H]1NS(=O)(=O)c1ccccc1[N+](=O)[O-]. The van der Waals surface area contributed by atoms with Crippen molar-refractivity contribution >= 4 is 15.7 Å². The van der Waals surface area contributed by atoms with Crippen LogP contribution in [-0.4, -0.2) is 25.4 Å². The fraction of sp³-hybridized carbons (Fsp3) is 0.455. The van der Waals surface area contributed by atoms with Crippen molar-refractivity contribution < 1.29 is 13.3 Å². The molecule has 8 heteroatoms. The van der Waals surface area contributed by atoms with E-state index >= 15 is 0 Å². The molecule has 1 fully saturated rings. The molecule has 0 unspecified atom stereocenters. The Labute approximate surface area is 111 Å². The normalized spacial score (nSPS) is 23.4. The van der Waals surface area contributed by atoms with Crippen LogP contribution in [0.3, 0.4) is 0 Å². The van der Waals surface area contributed by atoms with Crippen molar-refractivity contribution in [3.8, 4) is 0 Å². The van der Waals surface area contributed by atoms with Crippen LogP contribution in [0.2, 0.25) is 0 Å². The van der Waals surface area contributed by atoms with Gasteiger partial charge in [0.1, 0.15) is 0 Å². The average molecular weight is 285 g/mol. The Morgan fingerprint density at radius 1 is 1.32 bits per heavy atom. The minimum atomic E-state index is -3.92. The summed E-state index contributed by atoms with van der Waals surface area (Å²) in [6.45, 7) is 0. The molecule has 2 rings (SSSR count). The van der Waals surface area contributed by atoms with Crippen molar-refractivity contribution in [2.24, 2.45) is 5.73 Å². The molecule has 1 saturated carbocycles. The van der Waals surface area contributed by atoms with Crippen LogP contribution in [0.1, 0.15) is 19.3 Å². The number of nitrogens with one attached hydrogen (secondary N) is 1. The van der Waals surface area contributed by atoms with E-state index in [4.69, 9.17) is 5.73 Å². The van der Waals surface area contributed by atoms with Crippen LogP contribution in [0.5, 0.6) is 0 Å². The van der Waals surface area contributed by atoms with E-state index in [2.05, 4.69) is 4.72 Å². The van der Waals surface area contributed by atoms with Gasteiger partial charge in [0.05, 0.1) is 4.92 Å². The van der Waals surface area contributed by atoms with Gasteiger partial charge in [-0.05, 0) is 18.9 Å². The summed E-state index contributed by atoms with van der Waals surface area (Å²) in [5.74, 6) is 0. The predicted octanol–water partition coefficient (Wildman–Crippen LogP) is 0.753. The lowest BCUT2D eigenvalue weighted by atomic mass is 10.2. The molecule has 1 aliphatic carbocycles. The van der Waals surface area contributed by atoms with Crippen molar-refractivity contribution in [3.05, 3.63) is 34.4 Å². The first-order valence-electron chi connectivity index (χ1n) is 5.93. The van der Waals surface area contributed by atoms with E-state index in [1.807, 2.05) is 0 Å². The zero-order chi connectivity index (χ0) is 14.0. The Hall–Kier alpha value is -1.51. The second-order valence-electron chi connectivity index (χ2n) is 4.55. The zero-order valence-corrected chi connectivity index (χ0v) is 11.0. The number of hydrogen-bond acceptors (Lipinski definition) is 5. The number of para-hydroxylation sites is 1. The first-order chi connectivity index (χ1) is 8.92. The molecule has 1 aromatic carbocycles. The summed E-state index contributed by atoms with van der Waals surface area (Å²) in [6, 6.07) is 4.68. The smallest absolute Gasteiger partial charge is 0.289 e. The molecule has 0 amide bonds. The molecule has 0 spiro atoms. The maximum atomic E-state index is 12.2. The highest BCUT2D eigenvalue weighted by molar-refractivity contribution is 7.89. The first-order valence-corrected chi connectivity index (χ1v) is 7.41. The number of nitro benzene ring substituents is 1. The van der Waals surface area contributed by atoms with Gasteiger partial charge in [0.15, 0.2) is 4.90 Å². The number of sulfonamides is 1. The molecule has 0 aliphatic heterocycles. The third-order valence-corrected chi connectivity index (χ3v) is 4.76. The summed E-state index contributed by atoms with van der Waals surface area (Å²) in [5, 5.41) is 10.9. The lowest BCUT2D eigenvalue weighted by Gasteiger charge is -2.17. The number of nitrogens with zero attached hydrogens (tertiary/aromatic N) is 1. The van der Waals surface area contributed by atoms with Crippen LogP contribution < -0.4 is 10.5 Å². The van der Waals surface area contributed by atoms with Crippen LogP contribution in [0.25, 0.3) is 0 Å². The fourth-order valence-electron chi connectivity index (χ4n) is 2.23. The monoisotopic (exact) mass is 285 g/mol. The summed E-state index contributed by atoms with van der Waals surface area (Å²) < 4.78 is 26.8. The van der Waals surface area contributed by atoms with E-state index in [0.717, 1.165) is 12.8 Å². The minimum absolute atomic E-state index is 0.238. The van der Waals surface area contributed by atoms with E-state index in [0.29, 0.717) is 6.42 Å². The van der Waals surface area contributed by atoms with Gasteiger partial charge in [-0.2, -0.15) is 0 Å². The quantitative estimate of drug-likeness (QED) is 0.625. The minimum Gasteiger partial charge on any atom is -0.326 e. The molecule has 2 atom stereocenters. The summed E-state index contributed by atoms with van der Waals surface area (Å²) in [4.78, 5) is 9.83. The largest absolute Gasteiger partial charge is 0.326 e. The number of hydrogen-bond donors (Lipinski definition) is 2. The zero-order valence-electron chi connectivity index (χ0n) is 10.2. The third kappa shape index (κ3) is 2.91. The fourth-order valence-corrected chi connectivity index (χ4v) is 3.73. The molecule has 0 aromatic heterocycles. The molecule has 0 heterocycles. The molecule has 19 heavy (non-hydrogen) atoms. The Kier molecular flexibility index (Phi) is 3.83. The molecule has 104 valence electrons. The summed E-state index contributed by atoms with van der Waals surface area (Å²) in [6.07, 6.45) is 2.26. The van der Waals surface area contributed by atoms with E-state index in [-0.39, 0.29) is 17.0 Å². The van der Waals surface area contributed by atoms with Gasteiger partial charge in [0.25, 0.3) is 5.69 Å². The van der Waals surface area contributed by atoms with Crippen LogP contribution in [0.4, 0.5) is 5.69 Å². The Bertz CT molecular complexity index is 587. The predicted molar refractivity (Wildman–Crippen MR) is 69.0 cm³/mol. The summed E-state index contributed by atoms with van der Waals surface area (Å²) >= 11 is 0. The van der Waals surface area contributed by atoms with Gasteiger partial charge in [-0.3, -0.25) is 10.1 Å². The third-order valence-electron chi connectivity index (χ3n) is 3.23. The number of rotatable bonds is 4. The van der Waals surface area contributed by atoms with Crippen LogP contribution in [-0.2, 0) is 10.0 Å². The van der Waals surface area contributed by atoms with E-state index in [1.165, 1.54) is 24.3 Å². The highest BCUT2D eigenvalue weighted by atomic mass is 32.2. The average Bonchev–Trinajstić information content (AvgIpc) is 2.74. The topological polar surface area (TPSA) is 115 Å². The van der Waals surface area contributed by atoms with Gasteiger partial charge < -0.3 is 5.73 Å². The van der Waals surface area contributed by atoms with E-state index in [9.17, 15) is 18.5 Å². The van der Waals surface area contributed by atoms with E-state index in [1.54, 1.807) is 0 Å². The molecular formula is C11H15N3O4S. The van der Waals surface area contributed by atoms with Crippen LogP contribution in [0, 0.1) is 10.1 Å². The van der Waals surface area contributed by atoms with Gasteiger partial charge in [-0.25, -0.2) is 13.1 Å². The van der Waals surface area contributed by atoms with Gasteiger partial charge in [0, 0.05) is 18.2 Å². The van der Waals surface area contributed by atoms with Gasteiger partial charge >= 0.3 is 0 Å². The van der Waals surface area contributed by atoms with Crippen molar-refractivity contribution in [1.82, 2.24) is 4.72 Å². The highest BCUT2D eigenvalue weighted by Crippen LogP contribution is 2.25. The molecular weight excluding hydrogens is 270 g/mol. The lowest BCUT2D eigenvalue weighted by molar-refractivity contribution is -0.387. The Morgan fingerprint density at radius 2 is 2.00 bits per heavy atom. The van der Waals surface area contributed by atoms with Crippen LogP contribution >= 0.6 is 0 Å². The molecule has 0 saturated heterocycles. The van der Waals surface area contributed by atoms with Crippen molar-refractivity contribution in [2.45, 2.75) is 36.2 Å². The number of nitrogens with two attached hydrogens (primary N) is 1. The van der Waals surface area contributed by atoms with Crippen molar-refractivity contribution in [1.29, 1.82) is 0 Å². The number of benzene rings is 1. The molecule has 7 nitrogen and oxygen atoms in total. The molecule has 1 aromatic rings. The molecule has 1 aliphatic rings. The van der Waals surface area contributed by atoms with Gasteiger partial charge in [-0.1, -0.05) is 18.6 Å². The Balaban J connectivity index is 2.32. The maximum absolute atomic E-state index is 12.2. The van der Waals surface area contributed by atoms with Gasteiger partial charge in [0.2, 0.25) is 10.0 Å². The maximum Gasteiger partial charge on any atom is 0.289 e. The lowest BCUT2D eigenvalue weighted by Crippen LogP contribution is -2.43. The highest BCUT2D eigenvalue weighted by Gasteiger charge is 2.32. The van der Waals surface area contributed by atoms with Crippen molar-refractivity contribution in [2.75, 3.05) is 0 Å². The van der Waals surface area contributed by atoms with Crippen molar-refractivity contribution in [3.63, 3.8) is 0 Å². The second kappa shape index (κ2) is 5.24. The Morgan fingerprint density at radius 3 is 2.58 bits per heavy atom. The van der Waals surface area contributed by atoms with E-state index < -0.39 is 20.6 Å². The molecule has 3 N–H and O–H groups in total. The summed E-state index contributed by atoms with van der Waals surface area (Å²) in [5.41, 5.74) is 5.37. The standard InChI is InChI=1S/C11H15N3O4S/c12-8-4-3-5-9(8)13-19(17,18)11-7-2-1-6-10(11)14(15)16/h1-2,6-9,13H,3-5,12H2/t8-,9+/m0/s1. The second-order valence-corrected chi connectivity index (χ2v) is 6.23. The van der Waals surface area contributed by atoms with Gasteiger partial charge in [-0.15, -0.1) is 0 Å². The van der Waals surface area contributed by atoms with Crippen LogP contribution in [0.15, 0.2) is 29.2 Å². The summed E-state index contributed by atoms with van der Waals surface area (Å²) in [7, 11) is -3.92.